The summed E-state index contributed by atoms with van der Waals surface area (Å²) in [6.07, 6.45) is 4.31. The average molecular weight is 521 g/mol. The number of nitrogens with zero attached hydrogens (tertiary/aromatic N) is 4. The molecule has 1 aromatic carbocycles. The number of rotatable bonds is 6. The molecule has 2 fully saturated rings. The number of aliphatic hydroxyl groups is 1. The van der Waals surface area contributed by atoms with E-state index in [0.29, 0.717) is 48.1 Å². The molecule has 38 heavy (non-hydrogen) atoms. The lowest BCUT2D eigenvalue weighted by atomic mass is 10.0. The summed E-state index contributed by atoms with van der Waals surface area (Å²) in [5.41, 5.74) is 2.97. The minimum Gasteiger partial charge on any atom is -0.356 e. The van der Waals surface area contributed by atoms with Crippen LogP contribution < -0.4 is 15.5 Å². The third kappa shape index (κ3) is 5.45. The number of aromatic nitrogens is 1. The third-order valence-electron chi connectivity index (χ3n) is 7.46. The van der Waals surface area contributed by atoms with Gasteiger partial charge in [-0.2, -0.15) is 0 Å². The number of aryl methyl sites for hydroxylation is 1. The van der Waals surface area contributed by atoms with Gasteiger partial charge in [0.25, 0.3) is 11.8 Å². The first-order valence-corrected chi connectivity index (χ1v) is 13.4. The number of piperidine rings is 1. The number of nitrogens with one attached hydrogen (secondary N) is 2. The fourth-order valence-corrected chi connectivity index (χ4v) is 5.28. The van der Waals surface area contributed by atoms with E-state index in [4.69, 9.17) is 0 Å². The molecule has 2 aliphatic heterocycles. The topological polar surface area (TPSA) is 118 Å². The molecule has 3 N–H and O–H groups in total. The number of amides is 4. The first kappa shape index (κ1) is 26.0. The zero-order valence-electron chi connectivity index (χ0n) is 22.2. The molecular weight excluding hydrogens is 484 g/mol. The molecule has 1 saturated heterocycles. The lowest BCUT2D eigenvalue weighted by Crippen LogP contribution is -2.58. The Balaban J connectivity index is 1.27. The molecule has 1 saturated carbocycles. The summed E-state index contributed by atoms with van der Waals surface area (Å²) in [5.74, 6) is 0.0327. The highest BCUT2D eigenvalue weighted by molar-refractivity contribution is 6.03. The van der Waals surface area contributed by atoms with E-state index in [1.807, 2.05) is 25.7 Å². The second kappa shape index (κ2) is 10.6. The molecule has 3 aliphatic rings. The van der Waals surface area contributed by atoms with Crippen molar-refractivity contribution in [1.82, 2.24) is 20.1 Å². The molecule has 2 aromatic rings. The number of pyridine rings is 1. The Hall–Kier alpha value is -3.66. The maximum absolute atomic E-state index is 13.4. The van der Waals surface area contributed by atoms with Crippen LogP contribution in [0, 0.1) is 12.8 Å². The number of fused-ring (bicyclic) bond motifs is 1. The van der Waals surface area contributed by atoms with Gasteiger partial charge in [-0.25, -0.2) is 4.79 Å². The maximum atomic E-state index is 13.4. The molecule has 2 atom stereocenters. The van der Waals surface area contributed by atoms with Crippen LogP contribution in [0.1, 0.15) is 65.9 Å². The largest absolute Gasteiger partial charge is 0.356 e. The molecule has 2 unspecified atom stereocenters. The van der Waals surface area contributed by atoms with Gasteiger partial charge in [-0.05, 0) is 82.7 Å². The van der Waals surface area contributed by atoms with Crippen molar-refractivity contribution in [3.63, 3.8) is 0 Å². The first-order chi connectivity index (χ1) is 18.2. The maximum Gasteiger partial charge on any atom is 0.321 e. The summed E-state index contributed by atoms with van der Waals surface area (Å²) < 4.78 is 0. The Bertz CT molecular complexity index is 1230. The normalized spacial score (nSPS) is 21.4. The molecule has 0 bridgehead atoms. The van der Waals surface area contributed by atoms with Crippen LogP contribution in [0.5, 0.6) is 0 Å². The van der Waals surface area contributed by atoms with Crippen LogP contribution in [0.4, 0.5) is 16.2 Å². The lowest BCUT2D eigenvalue weighted by Gasteiger charge is -2.44. The monoisotopic (exact) mass is 520 g/mol. The van der Waals surface area contributed by atoms with E-state index >= 15 is 0 Å². The van der Waals surface area contributed by atoms with Gasteiger partial charge in [-0.3, -0.25) is 19.5 Å². The van der Waals surface area contributed by atoms with E-state index in [1.54, 1.807) is 41.4 Å². The van der Waals surface area contributed by atoms with Crippen molar-refractivity contribution in [2.24, 2.45) is 5.92 Å². The molecular formula is C28H36N6O4. The van der Waals surface area contributed by atoms with Crippen LogP contribution in [-0.2, 0) is 0 Å². The molecule has 0 radical (unpaired) electrons. The summed E-state index contributed by atoms with van der Waals surface area (Å²) in [5, 5.41) is 16.9. The predicted molar refractivity (Wildman–Crippen MR) is 144 cm³/mol. The number of likely N-dealkylation sites (tertiary alicyclic amines) is 1. The van der Waals surface area contributed by atoms with Crippen LogP contribution in [0.25, 0.3) is 0 Å². The number of carbonyl (C=O) groups is 3. The zero-order chi connectivity index (χ0) is 27.0. The quantitative estimate of drug-likeness (QED) is 0.539. The summed E-state index contributed by atoms with van der Waals surface area (Å²) >= 11 is 0. The van der Waals surface area contributed by atoms with Crippen molar-refractivity contribution in [2.75, 3.05) is 29.9 Å². The van der Waals surface area contributed by atoms with Crippen molar-refractivity contribution < 1.29 is 19.5 Å². The van der Waals surface area contributed by atoms with Crippen LogP contribution >= 0.6 is 0 Å². The average Bonchev–Trinajstić information content (AvgIpc) is 3.71. The van der Waals surface area contributed by atoms with E-state index in [1.165, 1.54) is 4.90 Å². The molecule has 4 amide bonds. The summed E-state index contributed by atoms with van der Waals surface area (Å²) in [4.78, 5) is 48.4. The van der Waals surface area contributed by atoms with Gasteiger partial charge < -0.3 is 25.5 Å². The fourth-order valence-electron chi connectivity index (χ4n) is 5.28. The zero-order valence-corrected chi connectivity index (χ0v) is 22.2. The molecule has 10 heteroatoms. The molecule has 1 aliphatic carbocycles. The van der Waals surface area contributed by atoms with Gasteiger partial charge in [0.15, 0.2) is 0 Å². The van der Waals surface area contributed by atoms with E-state index in [9.17, 15) is 19.5 Å². The highest BCUT2D eigenvalue weighted by Crippen LogP contribution is 2.37. The van der Waals surface area contributed by atoms with Crippen LogP contribution in [0.2, 0.25) is 0 Å². The van der Waals surface area contributed by atoms with Gasteiger partial charge >= 0.3 is 6.03 Å². The summed E-state index contributed by atoms with van der Waals surface area (Å²) in [7, 11) is 0. The van der Waals surface area contributed by atoms with Gasteiger partial charge in [-0.1, -0.05) is 0 Å². The first-order valence-electron chi connectivity index (χ1n) is 13.4. The minimum atomic E-state index is -1.01. The van der Waals surface area contributed by atoms with Crippen LogP contribution in [0.15, 0.2) is 36.5 Å². The molecule has 0 spiro atoms. The number of benzene rings is 1. The molecule has 3 heterocycles. The Kier molecular flexibility index (Phi) is 7.25. The number of carbonyl (C=O) groups excluding carboxylic acids is 3. The van der Waals surface area contributed by atoms with Gasteiger partial charge in [0, 0.05) is 54.9 Å². The third-order valence-corrected chi connectivity index (χ3v) is 7.46. The molecule has 1 aromatic heterocycles. The van der Waals surface area contributed by atoms with E-state index in [0.717, 1.165) is 31.4 Å². The molecule has 5 rings (SSSR count). The number of hydrogen-bond acceptors (Lipinski definition) is 6. The smallest absolute Gasteiger partial charge is 0.321 e. The SMILES string of the molecule is Cc1cc(C(=O)NC2CCCN(C(=O)Nc3ccc4c(c3)C(=O)N(CC3CC3)C(O)N4C(C)C)C2)ccn1. The van der Waals surface area contributed by atoms with Crippen molar-refractivity contribution >= 4 is 29.2 Å². The van der Waals surface area contributed by atoms with E-state index in [2.05, 4.69) is 15.6 Å². The molecule has 10 nitrogen and oxygen atoms in total. The van der Waals surface area contributed by atoms with Gasteiger partial charge in [0.1, 0.15) is 0 Å². The second-order valence-electron chi connectivity index (χ2n) is 10.9. The fraction of sp³-hybridized carbons (Fsp3) is 0.500. The number of urea groups is 1. The molecule has 202 valence electrons. The van der Waals surface area contributed by atoms with Crippen molar-refractivity contribution in [3.05, 3.63) is 53.3 Å². The lowest BCUT2D eigenvalue weighted by molar-refractivity contribution is -0.00343. The highest BCUT2D eigenvalue weighted by Gasteiger charge is 2.40. The van der Waals surface area contributed by atoms with Gasteiger partial charge in [0.2, 0.25) is 6.35 Å². The Labute approximate surface area is 223 Å². The van der Waals surface area contributed by atoms with Crippen LogP contribution in [-0.4, -0.2) is 75.8 Å². The Morgan fingerprint density at radius 1 is 1.16 bits per heavy atom. The van der Waals surface area contributed by atoms with Crippen molar-refractivity contribution in [1.29, 1.82) is 0 Å². The number of hydrogen-bond donors (Lipinski definition) is 3. The highest BCUT2D eigenvalue weighted by atomic mass is 16.3. The summed E-state index contributed by atoms with van der Waals surface area (Å²) in [6.45, 7) is 7.31. The van der Waals surface area contributed by atoms with Crippen molar-refractivity contribution in [3.8, 4) is 0 Å². The van der Waals surface area contributed by atoms with E-state index < -0.39 is 6.35 Å². The number of aliphatic hydroxyl groups excluding tert-OH is 1. The Morgan fingerprint density at radius 3 is 2.66 bits per heavy atom. The van der Waals surface area contributed by atoms with Crippen LogP contribution in [0.3, 0.4) is 0 Å². The van der Waals surface area contributed by atoms with Crippen molar-refractivity contribution in [2.45, 2.75) is 64.9 Å². The predicted octanol–water partition coefficient (Wildman–Crippen LogP) is 3.17. The minimum absolute atomic E-state index is 0.0180. The van der Waals surface area contributed by atoms with Gasteiger partial charge in [0.05, 0.1) is 11.3 Å². The summed E-state index contributed by atoms with van der Waals surface area (Å²) in [6, 6.07) is 8.22. The standard InChI is InChI=1S/C28H36N6O4/c1-17(2)34-24-9-8-21(14-23(24)26(36)33(28(34)38)15-19-6-7-19)31-27(37)32-12-4-5-22(16-32)30-25(35)20-10-11-29-18(3)13-20/h8-11,13-14,17,19,22,28,38H,4-7,12,15-16H2,1-3H3,(H,30,35)(H,31,37). The Morgan fingerprint density at radius 2 is 1.95 bits per heavy atom. The number of anilines is 2. The van der Waals surface area contributed by atoms with E-state index in [-0.39, 0.29) is 29.9 Å². The van der Waals surface area contributed by atoms with Gasteiger partial charge in [-0.15, -0.1) is 0 Å². The second-order valence-corrected chi connectivity index (χ2v) is 10.9.